The number of nitrogens with zero attached hydrogens (tertiary/aromatic N) is 2. The van der Waals surface area contributed by atoms with Crippen LogP contribution in [0.3, 0.4) is 0 Å². The molecule has 0 bridgehead atoms. The third kappa shape index (κ3) is 6.94. The fraction of sp³-hybridized carbons (Fsp3) is 0.520. The van der Waals surface area contributed by atoms with Gasteiger partial charge in [0.1, 0.15) is 17.2 Å². The summed E-state index contributed by atoms with van der Waals surface area (Å²) in [7, 11) is 1.74. The van der Waals surface area contributed by atoms with Crippen molar-refractivity contribution in [1.29, 1.82) is 0 Å². The van der Waals surface area contributed by atoms with Gasteiger partial charge in [-0.25, -0.2) is 0 Å². The first-order valence-corrected chi connectivity index (χ1v) is 10.9. The molecule has 0 saturated carbocycles. The molecule has 2 aromatic carbocycles. The van der Waals surface area contributed by atoms with Gasteiger partial charge in [0.25, 0.3) is 0 Å². The van der Waals surface area contributed by atoms with Gasteiger partial charge in [-0.3, -0.25) is 4.90 Å². The van der Waals surface area contributed by atoms with Gasteiger partial charge in [-0.05, 0) is 55.1 Å². The van der Waals surface area contributed by atoms with Crippen LogP contribution in [0.4, 0.5) is 5.69 Å². The average molecular weight is 449 g/mol. The van der Waals surface area contributed by atoms with Crippen molar-refractivity contribution in [2.45, 2.75) is 39.0 Å². The van der Waals surface area contributed by atoms with Crippen LogP contribution in [0, 0.1) is 0 Å². The second-order valence-corrected chi connectivity index (χ2v) is 8.99. The predicted octanol–water partition coefficient (Wildman–Crippen LogP) is 5.10. The monoisotopic (exact) mass is 448 g/mol. The van der Waals surface area contributed by atoms with Crippen molar-refractivity contribution < 1.29 is 14.6 Å². The summed E-state index contributed by atoms with van der Waals surface area (Å²) in [6.45, 7) is 12.4. The number of unbranched alkanes of at least 4 members (excludes halogenated alkanes) is 1. The van der Waals surface area contributed by atoms with Gasteiger partial charge < -0.3 is 19.5 Å². The van der Waals surface area contributed by atoms with E-state index in [0.717, 1.165) is 62.6 Å². The number of methoxy groups -OCH3 is 1. The molecule has 0 unspecified atom stereocenters. The minimum atomic E-state index is -0.0603. The summed E-state index contributed by atoms with van der Waals surface area (Å²) in [6.07, 6.45) is 2.15. The van der Waals surface area contributed by atoms with Crippen molar-refractivity contribution in [1.82, 2.24) is 4.90 Å². The number of phenolic OH excluding ortho intramolecular Hbond substituents is 1. The summed E-state index contributed by atoms with van der Waals surface area (Å²) in [5.41, 5.74) is 2.18. The van der Waals surface area contributed by atoms with E-state index in [4.69, 9.17) is 9.47 Å². The minimum absolute atomic E-state index is 0. The maximum Gasteiger partial charge on any atom is 0.142 e. The third-order valence-corrected chi connectivity index (χ3v) is 5.70. The molecule has 1 saturated heterocycles. The highest BCUT2D eigenvalue weighted by Gasteiger charge is 2.20. The van der Waals surface area contributed by atoms with Crippen molar-refractivity contribution in [3.8, 4) is 17.2 Å². The van der Waals surface area contributed by atoms with Crippen molar-refractivity contribution >= 4 is 18.1 Å². The maximum absolute atomic E-state index is 9.80. The van der Waals surface area contributed by atoms with Gasteiger partial charge in [0.05, 0.1) is 19.4 Å². The SMILES string of the molecule is COc1ccccc1N1CCN(CCCCOc2ccc(O)cc2C(C)(C)C)CC1.Cl. The molecule has 172 valence electrons. The second-order valence-electron chi connectivity index (χ2n) is 8.99. The van der Waals surface area contributed by atoms with Crippen LogP contribution < -0.4 is 14.4 Å². The van der Waals surface area contributed by atoms with E-state index in [1.807, 2.05) is 24.3 Å². The lowest BCUT2D eigenvalue weighted by Crippen LogP contribution is -2.46. The Morgan fingerprint density at radius 2 is 1.65 bits per heavy atom. The molecule has 0 aromatic heterocycles. The Morgan fingerprint density at radius 1 is 0.935 bits per heavy atom. The number of hydrogen-bond donors (Lipinski definition) is 1. The number of benzene rings is 2. The summed E-state index contributed by atoms with van der Waals surface area (Å²) in [5.74, 6) is 2.12. The smallest absolute Gasteiger partial charge is 0.142 e. The van der Waals surface area contributed by atoms with Crippen LogP contribution in [0.15, 0.2) is 42.5 Å². The molecule has 0 amide bonds. The van der Waals surface area contributed by atoms with Gasteiger partial charge in [-0.2, -0.15) is 0 Å². The molecule has 3 rings (SSSR count). The molecule has 0 spiro atoms. The quantitative estimate of drug-likeness (QED) is 0.569. The highest BCUT2D eigenvalue weighted by molar-refractivity contribution is 5.85. The van der Waals surface area contributed by atoms with Gasteiger partial charge in [-0.1, -0.05) is 32.9 Å². The van der Waals surface area contributed by atoms with Crippen molar-refractivity contribution in [2.75, 3.05) is 51.3 Å². The Balaban J connectivity index is 0.00000341. The molecular weight excluding hydrogens is 412 g/mol. The van der Waals surface area contributed by atoms with Crippen LogP contribution >= 0.6 is 12.4 Å². The number of aromatic hydroxyl groups is 1. The van der Waals surface area contributed by atoms with Gasteiger partial charge in [0, 0.05) is 31.7 Å². The van der Waals surface area contributed by atoms with Crippen molar-refractivity contribution in [3.05, 3.63) is 48.0 Å². The second kappa shape index (κ2) is 11.5. The van der Waals surface area contributed by atoms with Crippen LogP contribution in [0.25, 0.3) is 0 Å². The normalized spacial score (nSPS) is 14.8. The van der Waals surface area contributed by atoms with Crippen LogP contribution in [0.5, 0.6) is 17.2 Å². The Bertz CT molecular complexity index is 815. The zero-order valence-corrected chi connectivity index (χ0v) is 20.1. The molecule has 6 heteroatoms. The number of ether oxygens (including phenoxy) is 2. The molecule has 0 atom stereocenters. The Morgan fingerprint density at radius 3 is 2.32 bits per heavy atom. The highest BCUT2D eigenvalue weighted by Crippen LogP contribution is 2.34. The third-order valence-electron chi connectivity index (χ3n) is 5.70. The summed E-state index contributed by atoms with van der Waals surface area (Å²) >= 11 is 0. The molecule has 2 aromatic rings. The standard InChI is InChI=1S/C25H36N2O3.ClH/c1-25(2,3)21-19-20(28)11-12-23(21)30-18-8-7-13-26-14-16-27(17-15-26)22-9-5-6-10-24(22)29-4;/h5-6,9-12,19,28H,7-8,13-18H2,1-4H3;1H. The molecule has 1 fully saturated rings. The Kier molecular flexibility index (Phi) is 9.32. The van der Waals surface area contributed by atoms with Crippen LogP contribution in [-0.2, 0) is 5.41 Å². The number of halogens is 1. The van der Waals surface area contributed by atoms with E-state index in [9.17, 15) is 5.11 Å². The number of para-hydroxylation sites is 2. The van der Waals surface area contributed by atoms with E-state index < -0.39 is 0 Å². The van der Waals surface area contributed by atoms with E-state index in [-0.39, 0.29) is 17.8 Å². The van der Waals surface area contributed by atoms with Crippen LogP contribution in [0.1, 0.15) is 39.2 Å². The lowest BCUT2D eigenvalue weighted by molar-refractivity contribution is 0.237. The first kappa shape index (κ1) is 25.2. The number of phenols is 1. The molecule has 5 nitrogen and oxygen atoms in total. The minimum Gasteiger partial charge on any atom is -0.508 e. The molecule has 31 heavy (non-hydrogen) atoms. The summed E-state index contributed by atoms with van der Waals surface area (Å²) in [6, 6.07) is 13.7. The maximum atomic E-state index is 9.80. The van der Waals surface area contributed by atoms with E-state index in [1.54, 1.807) is 13.2 Å². The topological polar surface area (TPSA) is 45.2 Å². The summed E-state index contributed by atoms with van der Waals surface area (Å²) < 4.78 is 11.6. The van der Waals surface area contributed by atoms with E-state index >= 15 is 0 Å². The molecule has 0 radical (unpaired) electrons. The number of piperazine rings is 1. The van der Waals surface area contributed by atoms with Crippen molar-refractivity contribution in [2.24, 2.45) is 0 Å². The number of rotatable bonds is 8. The lowest BCUT2D eigenvalue weighted by atomic mass is 9.86. The summed E-state index contributed by atoms with van der Waals surface area (Å²) in [4.78, 5) is 4.95. The van der Waals surface area contributed by atoms with Crippen LogP contribution in [-0.4, -0.2) is 56.4 Å². The van der Waals surface area contributed by atoms with E-state index in [2.05, 4.69) is 42.7 Å². The molecule has 1 aliphatic heterocycles. The van der Waals surface area contributed by atoms with Crippen molar-refractivity contribution in [3.63, 3.8) is 0 Å². The average Bonchev–Trinajstić information content (AvgIpc) is 2.74. The van der Waals surface area contributed by atoms with Gasteiger partial charge >= 0.3 is 0 Å². The molecule has 1 heterocycles. The first-order valence-electron chi connectivity index (χ1n) is 10.9. The number of anilines is 1. The fourth-order valence-corrected chi connectivity index (χ4v) is 3.95. The van der Waals surface area contributed by atoms with Gasteiger partial charge in [-0.15, -0.1) is 12.4 Å². The zero-order valence-electron chi connectivity index (χ0n) is 19.3. The molecule has 1 N–H and O–H groups in total. The first-order chi connectivity index (χ1) is 14.4. The predicted molar refractivity (Wildman–Crippen MR) is 130 cm³/mol. The number of hydrogen-bond acceptors (Lipinski definition) is 5. The largest absolute Gasteiger partial charge is 0.508 e. The molecule has 0 aliphatic carbocycles. The molecule has 1 aliphatic rings. The highest BCUT2D eigenvalue weighted by atomic mass is 35.5. The van der Waals surface area contributed by atoms with E-state index in [0.29, 0.717) is 12.4 Å². The Hall–Kier alpha value is -2.11. The van der Waals surface area contributed by atoms with Gasteiger partial charge in [0.2, 0.25) is 0 Å². The lowest BCUT2D eigenvalue weighted by Gasteiger charge is -2.36. The summed E-state index contributed by atoms with van der Waals surface area (Å²) in [5, 5.41) is 9.80. The molecular formula is C25H37ClN2O3. The fourth-order valence-electron chi connectivity index (χ4n) is 3.95. The van der Waals surface area contributed by atoms with Gasteiger partial charge in [0.15, 0.2) is 0 Å². The van der Waals surface area contributed by atoms with E-state index in [1.165, 1.54) is 5.69 Å². The Labute approximate surface area is 193 Å². The zero-order chi connectivity index (χ0) is 21.6. The van der Waals surface area contributed by atoms with Crippen LogP contribution in [0.2, 0.25) is 0 Å².